The number of carbonyl (C=O) groups excluding carboxylic acids is 1. The van der Waals surface area contributed by atoms with E-state index in [1.165, 1.54) is 31.3 Å². The number of rotatable bonds is 9. The van der Waals surface area contributed by atoms with Crippen LogP contribution in [0.2, 0.25) is 0 Å². The summed E-state index contributed by atoms with van der Waals surface area (Å²) in [5.41, 5.74) is 0.519. The smallest absolute Gasteiger partial charge is 0.286 e. The van der Waals surface area contributed by atoms with E-state index in [2.05, 4.69) is 0 Å². The van der Waals surface area contributed by atoms with Crippen LogP contribution in [-0.2, 0) is 11.3 Å². The molecular weight excluding hydrogens is 352 g/mol. The molecule has 2 aromatic carbocycles. The molecule has 0 radical (unpaired) electrons. The third kappa shape index (κ3) is 5.18. The van der Waals surface area contributed by atoms with Gasteiger partial charge in [-0.1, -0.05) is 30.3 Å². The first-order valence-corrected chi connectivity index (χ1v) is 8.25. The molecule has 8 heteroatoms. The maximum atomic E-state index is 12.8. The van der Waals surface area contributed by atoms with Gasteiger partial charge in [0, 0.05) is 26.8 Å². The van der Waals surface area contributed by atoms with Gasteiger partial charge in [-0.15, -0.1) is 0 Å². The summed E-state index contributed by atoms with van der Waals surface area (Å²) in [6.07, 6.45) is 0. The molecule has 2 rings (SSSR count). The Kier molecular flexibility index (Phi) is 7.13. The van der Waals surface area contributed by atoms with E-state index < -0.39 is 10.8 Å². The summed E-state index contributed by atoms with van der Waals surface area (Å²) >= 11 is 0. The molecule has 2 aromatic rings. The third-order valence-corrected chi connectivity index (χ3v) is 3.86. The van der Waals surface area contributed by atoms with Gasteiger partial charge in [0.2, 0.25) is 0 Å². The molecule has 1 amide bonds. The zero-order valence-electron chi connectivity index (χ0n) is 15.5. The number of hydrogen-bond acceptors (Lipinski definition) is 6. The molecule has 0 heterocycles. The fourth-order valence-electron chi connectivity index (χ4n) is 2.51. The van der Waals surface area contributed by atoms with Crippen LogP contribution in [0, 0.1) is 10.1 Å². The van der Waals surface area contributed by atoms with Gasteiger partial charge < -0.3 is 19.1 Å². The summed E-state index contributed by atoms with van der Waals surface area (Å²) in [5.74, 6) is -0.0519. The van der Waals surface area contributed by atoms with E-state index in [0.717, 1.165) is 5.56 Å². The zero-order valence-corrected chi connectivity index (χ0v) is 15.5. The SMILES string of the molecule is COCCOc1cc([N+](=O)[O-])c(C(=O)N(C)Cc2ccccc2)cc1OC. The normalized spacial score (nSPS) is 10.3. The molecule has 0 spiro atoms. The Morgan fingerprint density at radius 3 is 2.41 bits per heavy atom. The van der Waals surface area contributed by atoms with Crippen LogP contribution in [0.1, 0.15) is 15.9 Å². The van der Waals surface area contributed by atoms with Crippen LogP contribution in [0.15, 0.2) is 42.5 Å². The minimum Gasteiger partial charge on any atom is -0.493 e. The number of hydrogen-bond donors (Lipinski definition) is 0. The average molecular weight is 374 g/mol. The molecule has 8 nitrogen and oxygen atoms in total. The lowest BCUT2D eigenvalue weighted by molar-refractivity contribution is -0.385. The molecule has 0 aliphatic rings. The van der Waals surface area contributed by atoms with Crippen molar-refractivity contribution in [3.63, 3.8) is 0 Å². The molecule has 0 aliphatic heterocycles. The van der Waals surface area contributed by atoms with Crippen molar-refractivity contribution in [3.8, 4) is 11.5 Å². The zero-order chi connectivity index (χ0) is 19.8. The monoisotopic (exact) mass is 374 g/mol. The molecule has 0 aromatic heterocycles. The van der Waals surface area contributed by atoms with E-state index in [4.69, 9.17) is 14.2 Å². The van der Waals surface area contributed by atoms with Crippen LogP contribution in [0.4, 0.5) is 5.69 Å². The predicted octanol–water partition coefficient (Wildman–Crippen LogP) is 2.90. The second-order valence-electron chi connectivity index (χ2n) is 5.77. The first-order chi connectivity index (χ1) is 13.0. The average Bonchev–Trinajstić information content (AvgIpc) is 2.67. The Labute approximate surface area is 157 Å². The van der Waals surface area contributed by atoms with Crippen molar-refractivity contribution in [3.05, 3.63) is 63.7 Å². The van der Waals surface area contributed by atoms with Gasteiger partial charge in [0.25, 0.3) is 11.6 Å². The van der Waals surface area contributed by atoms with Crippen molar-refractivity contribution >= 4 is 11.6 Å². The first-order valence-electron chi connectivity index (χ1n) is 8.25. The largest absolute Gasteiger partial charge is 0.493 e. The quantitative estimate of drug-likeness (QED) is 0.381. The standard InChI is InChI=1S/C19H22N2O6/c1-20(13-14-7-5-4-6-8-14)19(22)15-11-17(26-3)18(27-10-9-25-2)12-16(15)21(23)24/h4-8,11-12H,9-10,13H2,1-3H3. The number of nitrogens with zero attached hydrogens (tertiary/aromatic N) is 2. The number of amides is 1. The number of benzene rings is 2. The van der Waals surface area contributed by atoms with Crippen molar-refractivity contribution in [1.82, 2.24) is 4.90 Å². The topological polar surface area (TPSA) is 91.1 Å². The number of nitro groups is 1. The fourth-order valence-corrected chi connectivity index (χ4v) is 2.51. The highest BCUT2D eigenvalue weighted by molar-refractivity contribution is 5.99. The summed E-state index contributed by atoms with van der Waals surface area (Å²) in [5, 5.41) is 11.5. The summed E-state index contributed by atoms with van der Waals surface area (Å²) in [6.45, 7) is 0.841. The van der Waals surface area contributed by atoms with E-state index in [1.807, 2.05) is 30.3 Å². The van der Waals surface area contributed by atoms with Crippen molar-refractivity contribution in [2.75, 3.05) is 34.5 Å². The maximum absolute atomic E-state index is 12.8. The molecule has 0 atom stereocenters. The van der Waals surface area contributed by atoms with Crippen LogP contribution in [0.5, 0.6) is 11.5 Å². The highest BCUT2D eigenvalue weighted by atomic mass is 16.6. The van der Waals surface area contributed by atoms with Crippen LogP contribution in [0.3, 0.4) is 0 Å². The molecule has 0 saturated heterocycles. The molecule has 0 fully saturated rings. The Morgan fingerprint density at radius 1 is 1.11 bits per heavy atom. The molecule has 0 unspecified atom stereocenters. The summed E-state index contributed by atoms with van der Waals surface area (Å²) in [4.78, 5) is 25.1. The van der Waals surface area contributed by atoms with Gasteiger partial charge >= 0.3 is 0 Å². The fraction of sp³-hybridized carbons (Fsp3) is 0.316. The molecular formula is C19H22N2O6. The highest BCUT2D eigenvalue weighted by Crippen LogP contribution is 2.35. The summed E-state index contributed by atoms with van der Waals surface area (Å²) in [7, 11) is 4.52. The van der Waals surface area contributed by atoms with Crippen LogP contribution in [-0.4, -0.2) is 50.2 Å². The third-order valence-electron chi connectivity index (χ3n) is 3.86. The minimum absolute atomic E-state index is 0.0608. The van der Waals surface area contributed by atoms with E-state index in [0.29, 0.717) is 13.2 Å². The lowest BCUT2D eigenvalue weighted by Gasteiger charge is -2.18. The van der Waals surface area contributed by atoms with Gasteiger partial charge in [-0.2, -0.15) is 0 Å². The molecule has 27 heavy (non-hydrogen) atoms. The number of methoxy groups -OCH3 is 2. The summed E-state index contributed by atoms with van der Waals surface area (Å²) in [6, 6.07) is 11.9. The van der Waals surface area contributed by atoms with Crippen molar-refractivity contribution < 1.29 is 23.9 Å². The van der Waals surface area contributed by atoms with Gasteiger partial charge in [-0.25, -0.2) is 0 Å². The van der Waals surface area contributed by atoms with Gasteiger partial charge in [-0.05, 0) is 5.56 Å². The number of carbonyl (C=O) groups is 1. The van der Waals surface area contributed by atoms with E-state index in [1.54, 1.807) is 7.05 Å². The van der Waals surface area contributed by atoms with Gasteiger partial charge in [0.15, 0.2) is 11.5 Å². The Balaban J connectivity index is 2.33. The van der Waals surface area contributed by atoms with Crippen LogP contribution >= 0.6 is 0 Å². The van der Waals surface area contributed by atoms with Crippen LogP contribution < -0.4 is 9.47 Å². The summed E-state index contributed by atoms with van der Waals surface area (Å²) < 4.78 is 15.6. The Hall–Kier alpha value is -3.13. The maximum Gasteiger partial charge on any atom is 0.286 e. The lowest BCUT2D eigenvalue weighted by atomic mass is 10.1. The Morgan fingerprint density at radius 2 is 1.81 bits per heavy atom. The van der Waals surface area contributed by atoms with Crippen LogP contribution in [0.25, 0.3) is 0 Å². The van der Waals surface area contributed by atoms with Crippen molar-refractivity contribution in [2.45, 2.75) is 6.54 Å². The minimum atomic E-state index is -0.605. The molecule has 144 valence electrons. The van der Waals surface area contributed by atoms with Crippen molar-refractivity contribution in [2.24, 2.45) is 0 Å². The predicted molar refractivity (Wildman–Crippen MR) is 99.3 cm³/mol. The molecule has 0 aliphatic carbocycles. The molecule has 0 N–H and O–H groups in total. The number of nitro benzene ring substituents is 1. The Bertz CT molecular complexity index is 794. The molecule has 0 saturated carbocycles. The van der Waals surface area contributed by atoms with E-state index >= 15 is 0 Å². The second kappa shape index (κ2) is 9.54. The van der Waals surface area contributed by atoms with E-state index in [9.17, 15) is 14.9 Å². The first kappa shape index (κ1) is 20.2. The molecule has 0 bridgehead atoms. The van der Waals surface area contributed by atoms with Gasteiger partial charge in [0.05, 0.1) is 24.7 Å². The second-order valence-corrected chi connectivity index (χ2v) is 5.77. The van der Waals surface area contributed by atoms with Crippen molar-refractivity contribution in [1.29, 1.82) is 0 Å². The number of ether oxygens (including phenoxy) is 3. The lowest BCUT2D eigenvalue weighted by Crippen LogP contribution is -2.27. The highest BCUT2D eigenvalue weighted by Gasteiger charge is 2.27. The van der Waals surface area contributed by atoms with E-state index in [-0.39, 0.29) is 29.4 Å². The van der Waals surface area contributed by atoms with Gasteiger partial charge in [-0.3, -0.25) is 14.9 Å². The van der Waals surface area contributed by atoms with Gasteiger partial charge in [0.1, 0.15) is 12.2 Å².